The van der Waals surface area contributed by atoms with Crippen LogP contribution in [-0.4, -0.2) is 62.3 Å². The maximum Gasteiger partial charge on any atom is 0.342 e. The van der Waals surface area contributed by atoms with E-state index in [0.29, 0.717) is 13.2 Å². The molecule has 0 radical (unpaired) electrons. The topological polar surface area (TPSA) is 92.7 Å². The fraction of sp³-hybridized carbons (Fsp3) is 0.577. The number of hydrogen-bond donors (Lipinski definition) is 1. The molecule has 9 heteroatoms. The summed E-state index contributed by atoms with van der Waals surface area (Å²) in [6, 6.07) is 8.15. The Morgan fingerprint density at radius 1 is 1.09 bits per heavy atom. The van der Waals surface area contributed by atoms with Crippen molar-refractivity contribution in [2.45, 2.75) is 64.4 Å². The molecule has 0 fully saturated rings. The molecule has 0 bridgehead atoms. The SMILES string of the molecule is CCCOCO[C@@H]1C(OCc2ccc3sccc3c2)=C[C@@](O)(C(=O)OCC)C[C@H]1OCOCCC. The van der Waals surface area contributed by atoms with E-state index in [0.717, 1.165) is 23.8 Å². The second-order valence-electron chi connectivity index (χ2n) is 8.32. The predicted octanol–water partition coefficient (Wildman–Crippen LogP) is 4.54. The smallest absolute Gasteiger partial charge is 0.342 e. The van der Waals surface area contributed by atoms with Gasteiger partial charge in [-0.1, -0.05) is 19.9 Å². The van der Waals surface area contributed by atoms with Gasteiger partial charge in [0.15, 0.2) is 5.60 Å². The maximum absolute atomic E-state index is 12.7. The highest BCUT2D eigenvalue weighted by Gasteiger charge is 2.48. The van der Waals surface area contributed by atoms with Crippen molar-refractivity contribution in [2.24, 2.45) is 0 Å². The number of esters is 1. The number of carbonyl (C=O) groups excluding carboxylic acids is 1. The molecule has 1 heterocycles. The first-order valence-electron chi connectivity index (χ1n) is 12.1. The van der Waals surface area contributed by atoms with Crippen LogP contribution in [0.4, 0.5) is 0 Å². The highest BCUT2D eigenvalue weighted by Crippen LogP contribution is 2.34. The van der Waals surface area contributed by atoms with Crippen LogP contribution in [0.1, 0.15) is 45.6 Å². The van der Waals surface area contributed by atoms with E-state index in [-0.39, 0.29) is 39.0 Å². The van der Waals surface area contributed by atoms with Gasteiger partial charge < -0.3 is 33.5 Å². The van der Waals surface area contributed by atoms with E-state index in [9.17, 15) is 9.90 Å². The molecule has 35 heavy (non-hydrogen) atoms. The normalized spacial score (nSPS) is 22.2. The first-order valence-corrected chi connectivity index (χ1v) is 13.0. The molecule has 0 aliphatic heterocycles. The van der Waals surface area contributed by atoms with Crippen LogP contribution in [0, 0.1) is 0 Å². The molecule has 1 aromatic heterocycles. The van der Waals surface area contributed by atoms with Crippen molar-refractivity contribution < 1.29 is 38.3 Å². The molecule has 0 saturated carbocycles. The van der Waals surface area contributed by atoms with Crippen molar-refractivity contribution in [3.63, 3.8) is 0 Å². The molecule has 194 valence electrons. The zero-order chi connectivity index (χ0) is 25.1. The number of carbonyl (C=O) groups is 1. The molecule has 3 atom stereocenters. The molecule has 0 spiro atoms. The lowest BCUT2D eigenvalue weighted by Gasteiger charge is -2.38. The average molecular weight is 509 g/mol. The van der Waals surface area contributed by atoms with E-state index >= 15 is 0 Å². The molecular weight excluding hydrogens is 472 g/mol. The zero-order valence-electron chi connectivity index (χ0n) is 20.7. The van der Waals surface area contributed by atoms with Crippen LogP contribution >= 0.6 is 11.3 Å². The maximum atomic E-state index is 12.7. The average Bonchev–Trinajstić information content (AvgIpc) is 3.32. The van der Waals surface area contributed by atoms with Gasteiger partial charge in [-0.2, -0.15) is 0 Å². The summed E-state index contributed by atoms with van der Waals surface area (Å²) in [6.45, 7) is 7.16. The number of benzene rings is 1. The van der Waals surface area contributed by atoms with Crippen LogP contribution < -0.4 is 0 Å². The summed E-state index contributed by atoms with van der Waals surface area (Å²) < 4.78 is 35.4. The Hall–Kier alpha value is -2.01. The molecule has 1 aromatic carbocycles. The quantitative estimate of drug-likeness (QED) is 0.213. The monoisotopic (exact) mass is 508 g/mol. The van der Waals surface area contributed by atoms with Gasteiger partial charge in [0.1, 0.15) is 32.1 Å². The van der Waals surface area contributed by atoms with Gasteiger partial charge in [0.25, 0.3) is 0 Å². The lowest BCUT2D eigenvalue weighted by molar-refractivity contribution is -0.195. The lowest BCUT2D eigenvalue weighted by Crippen LogP contribution is -2.51. The summed E-state index contributed by atoms with van der Waals surface area (Å²) in [5, 5.41) is 14.4. The number of rotatable bonds is 15. The van der Waals surface area contributed by atoms with E-state index in [1.807, 2.05) is 31.4 Å². The van der Waals surface area contributed by atoms with Crippen LogP contribution in [0.2, 0.25) is 0 Å². The zero-order valence-corrected chi connectivity index (χ0v) is 21.5. The van der Waals surface area contributed by atoms with E-state index in [4.69, 9.17) is 28.4 Å². The second-order valence-corrected chi connectivity index (χ2v) is 9.27. The third-order valence-electron chi connectivity index (χ3n) is 5.46. The number of aliphatic hydroxyl groups is 1. The number of thiophene rings is 1. The van der Waals surface area contributed by atoms with Crippen molar-refractivity contribution in [2.75, 3.05) is 33.4 Å². The molecule has 3 rings (SSSR count). The van der Waals surface area contributed by atoms with E-state index in [1.165, 1.54) is 10.8 Å². The second kappa shape index (κ2) is 13.9. The fourth-order valence-corrected chi connectivity index (χ4v) is 4.54. The summed E-state index contributed by atoms with van der Waals surface area (Å²) in [5.74, 6) is -0.470. The third-order valence-corrected chi connectivity index (χ3v) is 6.35. The summed E-state index contributed by atoms with van der Waals surface area (Å²) in [4.78, 5) is 12.7. The molecule has 0 amide bonds. The standard InChI is InChI=1S/C26H36O8S/c1-4-10-29-17-33-22-15-26(28,25(27)31-6-3)14-21(24(22)34-18-30-11-5-2)32-16-19-7-8-23-20(13-19)9-12-35-23/h7-9,12-14,22,24,28H,4-6,10-11,15-18H2,1-3H3/t22-,24-,26+/m1/s1. The van der Waals surface area contributed by atoms with Crippen LogP contribution in [0.5, 0.6) is 0 Å². The highest BCUT2D eigenvalue weighted by molar-refractivity contribution is 7.17. The molecule has 8 nitrogen and oxygen atoms in total. The molecule has 2 aromatic rings. The largest absolute Gasteiger partial charge is 0.491 e. The van der Waals surface area contributed by atoms with Gasteiger partial charge >= 0.3 is 5.97 Å². The number of fused-ring (bicyclic) bond motifs is 1. The van der Waals surface area contributed by atoms with Crippen LogP contribution in [0.15, 0.2) is 41.5 Å². The number of hydrogen-bond acceptors (Lipinski definition) is 9. The van der Waals surface area contributed by atoms with Gasteiger partial charge in [-0.05, 0) is 60.4 Å². The van der Waals surface area contributed by atoms with Gasteiger partial charge in [-0.3, -0.25) is 0 Å². The predicted molar refractivity (Wildman–Crippen MR) is 133 cm³/mol. The number of ether oxygens (including phenoxy) is 6. The molecule has 0 unspecified atom stereocenters. The third kappa shape index (κ3) is 7.73. The van der Waals surface area contributed by atoms with Crippen molar-refractivity contribution in [1.82, 2.24) is 0 Å². The Kier molecular flexibility index (Phi) is 11.0. The fourth-order valence-electron chi connectivity index (χ4n) is 3.77. The van der Waals surface area contributed by atoms with Gasteiger partial charge in [0.2, 0.25) is 0 Å². The van der Waals surface area contributed by atoms with Crippen molar-refractivity contribution in [3.8, 4) is 0 Å². The molecular formula is C26H36O8S. The van der Waals surface area contributed by atoms with Gasteiger partial charge in [0, 0.05) is 24.3 Å². The summed E-state index contributed by atoms with van der Waals surface area (Å²) in [7, 11) is 0. The van der Waals surface area contributed by atoms with Crippen LogP contribution in [-0.2, 0) is 39.8 Å². The van der Waals surface area contributed by atoms with Gasteiger partial charge in [0.05, 0.1) is 12.7 Å². The molecule has 0 saturated heterocycles. The summed E-state index contributed by atoms with van der Waals surface area (Å²) in [5.41, 5.74) is -0.964. The van der Waals surface area contributed by atoms with E-state index < -0.39 is 23.8 Å². The Morgan fingerprint density at radius 2 is 1.83 bits per heavy atom. The summed E-state index contributed by atoms with van der Waals surface area (Å²) in [6.07, 6.45) is 1.60. The van der Waals surface area contributed by atoms with Gasteiger partial charge in [-0.15, -0.1) is 11.3 Å². The molecule has 1 aliphatic rings. The lowest BCUT2D eigenvalue weighted by atomic mass is 9.86. The minimum Gasteiger partial charge on any atom is -0.491 e. The molecule has 1 aliphatic carbocycles. The van der Waals surface area contributed by atoms with Crippen molar-refractivity contribution >= 4 is 27.4 Å². The minimum atomic E-state index is -1.91. The highest BCUT2D eigenvalue weighted by atomic mass is 32.1. The first-order chi connectivity index (χ1) is 17.0. The van der Waals surface area contributed by atoms with Gasteiger partial charge in [-0.25, -0.2) is 4.79 Å². The van der Waals surface area contributed by atoms with E-state index in [2.05, 4.69) is 12.1 Å². The Bertz CT molecular complexity index is 958. The Balaban J connectivity index is 1.83. The summed E-state index contributed by atoms with van der Waals surface area (Å²) >= 11 is 1.68. The first kappa shape index (κ1) is 27.6. The minimum absolute atomic E-state index is 0.00477. The molecule has 1 N–H and O–H groups in total. The van der Waals surface area contributed by atoms with Crippen molar-refractivity contribution in [3.05, 3.63) is 47.0 Å². The Labute approximate surface area is 210 Å². The van der Waals surface area contributed by atoms with Crippen molar-refractivity contribution in [1.29, 1.82) is 0 Å². The Morgan fingerprint density at radius 3 is 2.54 bits per heavy atom. The van der Waals surface area contributed by atoms with Crippen LogP contribution in [0.3, 0.4) is 0 Å². The van der Waals surface area contributed by atoms with E-state index in [1.54, 1.807) is 18.3 Å². The van der Waals surface area contributed by atoms with Crippen LogP contribution in [0.25, 0.3) is 10.1 Å².